The van der Waals surface area contributed by atoms with Gasteiger partial charge in [-0.05, 0) is 25.8 Å². The Kier molecular flexibility index (Phi) is 6.81. The van der Waals surface area contributed by atoms with Crippen LogP contribution in [0.5, 0.6) is 0 Å². The predicted octanol–water partition coefficient (Wildman–Crippen LogP) is 2.13. The fraction of sp³-hybridized carbons (Fsp3) is 0.550. The fourth-order valence-electron chi connectivity index (χ4n) is 3.23. The Labute approximate surface area is 161 Å². The van der Waals surface area contributed by atoms with Crippen molar-refractivity contribution in [1.29, 1.82) is 0 Å². The Morgan fingerprint density at radius 2 is 2.11 bits per heavy atom. The summed E-state index contributed by atoms with van der Waals surface area (Å²) in [5.41, 5.74) is 1.20. The van der Waals surface area contributed by atoms with Crippen LogP contribution in [0.15, 0.2) is 35.3 Å². The maximum atomic E-state index is 5.61. The molecular weight excluding hydrogens is 340 g/mol. The van der Waals surface area contributed by atoms with Crippen LogP contribution in [-0.4, -0.2) is 51.9 Å². The molecule has 1 fully saturated rings. The Morgan fingerprint density at radius 3 is 2.81 bits per heavy atom. The van der Waals surface area contributed by atoms with Crippen molar-refractivity contribution in [2.45, 2.75) is 33.4 Å². The number of likely N-dealkylation sites (tertiary alicyclic amines) is 1. The summed E-state index contributed by atoms with van der Waals surface area (Å²) < 4.78 is 7.62. The molecule has 2 heterocycles. The zero-order valence-electron chi connectivity index (χ0n) is 16.6. The number of benzene rings is 1. The second-order valence-electron chi connectivity index (χ2n) is 6.96. The van der Waals surface area contributed by atoms with Crippen molar-refractivity contribution in [1.82, 2.24) is 25.0 Å². The van der Waals surface area contributed by atoms with E-state index in [1.54, 1.807) is 0 Å². The maximum Gasteiger partial charge on any atom is 0.194 e. The number of hydrogen-bond donors (Lipinski definition) is 1. The van der Waals surface area contributed by atoms with Crippen LogP contribution in [0.25, 0.3) is 0 Å². The van der Waals surface area contributed by atoms with Gasteiger partial charge in [0, 0.05) is 32.7 Å². The van der Waals surface area contributed by atoms with Gasteiger partial charge in [-0.15, -0.1) is 10.2 Å². The van der Waals surface area contributed by atoms with Gasteiger partial charge in [-0.3, -0.25) is 0 Å². The van der Waals surface area contributed by atoms with Crippen LogP contribution in [0.1, 0.15) is 30.6 Å². The Bertz CT molecular complexity index is 742. The van der Waals surface area contributed by atoms with Crippen LogP contribution < -0.4 is 5.32 Å². The van der Waals surface area contributed by atoms with Gasteiger partial charge in [0.15, 0.2) is 11.8 Å². The molecule has 1 aromatic carbocycles. The van der Waals surface area contributed by atoms with Crippen LogP contribution in [0.2, 0.25) is 0 Å². The van der Waals surface area contributed by atoms with Gasteiger partial charge in [0.2, 0.25) is 0 Å². The minimum absolute atomic E-state index is 0.561. The molecule has 1 unspecified atom stereocenters. The standard InChI is InChI=1S/C20H30N6O/c1-4-27-15-18-10-11-26(14-18)20(21-12-17-8-6-5-7-9-17)22-13-19-24-23-16(2)25(19)3/h5-9,18H,4,10-15H2,1-3H3,(H,21,22). The fourth-order valence-corrected chi connectivity index (χ4v) is 3.23. The summed E-state index contributed by atoms with van der Waals surface area (Å²) in [6, 6.07) is 10.3. The summed E-state index contributed by atoms with van der Waals surface area (Å²) in [5.74, 6) is 3.31. The van der Waals surface area contributed by atoms with E-state index in [9.17, 15) is 0 Å². The van der Waals surface area contributed by atoms with Gasteiger partial charge in [-0.1, -0.05) is 30.3 Å². The molecule has 146 valence electrons. The molecule has 0 bridgehead atoms. The lowest BCUT2D eigenvalue weighted by atomic mass is 10.1. The average Bonchev–Trinajstić information content (AvgIpc) is 3.29. The van der Waals surface area contributed by atoms with Crippen LogP contribution in [0.4, 0.5) is 0 Å². The lowest BCUT2D eigenvalue weighted by molar-refractivity contribution is 0.114. The third-order valence-corrected chi connectivity index (χ3v) is 4.98. The maximum absolute atomic E-state index is 5.61. The smallest absolute Gasteiger partial charge is 0.194 e. The summed E-state index contributed by atoms with van der Waals surface area (Å²) >= 11 is 0. The summed E-state index contributed by atoms with van der Waals surface area (Å²) in [7, 11) is 1.99. The van der Waals surface area contributed by atoms with E-state index in [2.05, 4.69) is 32.5 Å². The van der Waals surface area contributed by atoms with Gasteiger partial charge in [0.1, 0.15) is 5.82 Å². The van der Waals surface area contributed by atoms with E-state index in [4.69, 9.17) is 9.73 Å². The van der Waals surface area contributed by atoms with E-state index < -0.39 is 0 Å². The predicted molar refractivity (Wildman–Crippen MR) is 106 cm³/mol. The van der Waals surface area contributed by atoms with E-state index in [0.29, 0.717) is 19.0 Å². The van der Waals surface area contributed by atoms with Crippen molar-refractivity contribution in [3.8, 4) is 0 Å². The number of nitrogens with one attached hydrogen (secondary N) is 1. The highest BCUT2D eigenvalue weighted by Crippen LogP contribution is 2.17. The second kappa shape index (κ2) is 9.50. The van der Waals surface area contributed by atoms with Crippen molar-refractivity contribution in [2.75, 3.05) is 26.3 Å². The first kappa shape index (κ1) is 19.4. The normalized spacial score (nSPS) is 17.5. The molecule has 2 aromatic rings. The van der Waals surface area contributed by atoms with Crippen molar-refractivity contribution in [2.24, 2.45) is 18.0 Å². The number of aryl methyl sites for hydroxylation is 1. The third-order valence-electron chi connectivity index (χ3n) is 4.98. The van der Waals surface area contributed by atoms with Crippen molar-refractivity contribution in [3.63, 3.8) is 0 Å². The molecule has 1 aromatic heterocycles. The summed E-state index contributed by atoms with van der Waals surface area (Å²) in [6.07, 6.45) is 1.13. The number of guanidine groups is 1. The zero-order valence-corrected chi connectivity index (χ0v) is 16.6. The molecule has 1 aliphatic heterocycles. The highest BCUT2D eigenvalue weighted by Gasteiger charge is 2.25. The van der Waals surface area contributed by atoms with Crippen molar-refractivity contribution >= 4 is 5.96 Å². The Balaban J connectivity index is 1.67. The largest absolute Gasteiger partial charge is 0.381 e. The van der Waals surface area contributed by atoms with E-state index >= 15 is 0 Å². The highest BCUT2D eigenvalue weighted by molar-refractivity contribution is 5.80. The minimum atomic E-state index is 0.561. The summed E-state index contributed by atoms with van der Waals surface area (Å²) in [5, 5.41) is 11.9. The number of nitrogens with zero attached hydrogens (tertiary/aromatic N) is 5. The Hall–Kier alpha value is -2.41. The number of aliphatic imine (C=N–C) groups is 1. The molecule has 7 heteroatoms. The van der Waals surface area contributed by atoms with E-state index in [-0.39, 0.29) is 0 Å². The molecule has 0 saturated carbocycles. The average molecular weight is 371 g/mol. The van der Waals surface area contributed by atoms with Crippen molar-refractivity contribution < 1.29 is 4.74 Å². The van der Waals surface area contributed by atoms with Gasteiger partial charge >= 0.3 is 0 Å². The minimum Gasteiger partial charge on any atom is -0.381 e. The molecule has 0 spiro atoms. The van der Waals surface area contributed by atoms with Crippen LogP contribution in [0, 0.1) is 12.8 Å². The summed E-state index contributed by atoms with van der Waals surface area (Å²) in [6.45, 7) is 8.83. The van der Waals surface area contributed by atoms with Gasteiger partial charge in [-0.2, -0.15) is 0 Å². The summed E-state index contributed by atoms with van der Waals surface area (Å²) in [4.78, 5) is 7.20. The molecule has 27 heavy (non-hydrogen) atoms. The lowest BCUT2D eigenvalue weighted by Gasteiger charge is -2.22. The monoisotopic (exact) mass is 370 g/mol. The van der Waals surface area contributed by atoms with E-state index in [1.807, 2.05) is 43.7 Å². The van der Waals surface area contributed by atoms with Gasteiger partial charge < -0.3 is 19.5 Å². The Morgan fingerprint density at radius 1 is 1.30 bits per heavy atom. The SMILES string of the molecule is CCOCC1CCN(C(=NCc2ccccc2)NCc2nnc(C)n2C)C1. The van der Waals surface area contributed by atoms with Crippen LogP contribution in [0.3, 0.4) is 0 Å². The quantitative estimate of drug-likeness (QED) is 0.597. The first-order chi connectivity index (χ1) is 13.2. The molecule has 0 radical (unpaired) electrons. The first-order valence-corrected chi connectivity index (χ1v) is 9.67. The number of ether oxygens (including phenoxy) is 1. The molecular formula is C20H30N6O. The zero-order chi connectivity index (χ0) is 19.1. The van der Waals surface area contributed by atoms with Crippen LogP contribution in [-0.2, 0) is 24.9 Å². The number of aromatic nitrogens is 3. The molecule has 1 atom stereocenters. The molecule has 0 aliphatic carbocycles. The van der Waals surface area contributed by atoms with Gasteiger partial charge in [-0.25, -0.2) is 4.99 Å². The molecule has 7 nitrogen and oxygen atoms in total. The van der Waals surface area contributed by atoms with Gasteiger partial charge in [0.05, 0.1) is 19.7 Å². The third kappa shape index (κ3) is 5.29. The topological polar surface area (TPSA) is 67.6 Å². The number of rotatable bonds is 7. The second-order valence-corrected chi connectivity index (χ2v) is 6.96. The molecule has 1 N–H and O–H groups in total. The molecule has 3 rings (SSSR count). The van der Waals surface area contributed by atoms with Gasteiger partial charge in [0.25, 0.3) is 0 Å². The first-order valence-electron chi connectivity index (χ1n) is 9.67. The number of hydrogen-bond acceptors (Lipinski definition) is 4. The van der Waals surface area contributed by atoms with Crippen molar-refractivity contribution in [3.05, 3.63) is 47.5 Å². The molecule has 0 amide bonds. The van der Waals surface area contributed by atoms with E-state index in [0.717, 1.165) is 50.3 Å². The van der Waals surface area contributed by atoms with E-state index in [1.165, 1.54) is 5.56 Å². The molecule has 1 aliphatic rings. The highest BCUT2D eigenvalue weighted by atomic mass is 16.5. The van der Waals surface area contributed by atoms with Crippen LogP contribution >= 0.6 is 0 Å². The molecule has 1 saturated heterocycles. The lowest BCUT2D eigenvalue weighted by Crippen LogP contribution is -2.40.